The van der Waals surface area contributed by atoms with Crippen molar-refractivity contribution >= 4 is 17.6 Å². The third-order valence-corrected chi connectivity index (χ3v) is 7.39. The maximum absolute atomic E-state index is 14.4. The Kier molecular flexibility index (Phi) is 9.41. The normalized spacial score (nSPS) is 11.5. The van der Waals surface area contributed by atoms with Crippen LogP contribution in [-0.4, -0.2) is 24.1 Å². The summed E-state index contributed by atoms with van der Waals surface area (Å²) in [6.45, 7) is 0.319. The molecule has 0 bridgehead atoms. The Bertz CT molecular complexity index is 1750. The fourth-order valence-electron chi connectivity index (χ4n) is 5.07. The molecule has 0 aromatic heterocycles. The van der Waals surface area contributed by atoms with Gasteiger partial charge < -0.3 is 25.2 Å². The lowest BCUT2D eigenvalue weighted by molar-refractivity contribution is -0.146. The summed E-state index contributed by atoms with van der Waals surface area (Å²) in [6.07, 6.45) is 0. The Balaban J connectivity index is 1.55. The molecule has 5 aromatic rings. The first-order valence-electron chi connectivity index (χ1n) is 14.2. The van der Waals surface area contributed by atoms with E-state index in [2.05, 4.69) is 16.7 Å². The molecule has 0 spiro atoms. The van der Waals surface area contributed by atoms with E-state index >= 15 is 0 Å². The molecule has 1 atom stereocenters. The lowest BCUT2D eigenvalue weighted by atomic mass is 9.82. The molecule has 0 saturated heterocycles. The topological polar surface area (TPSA) is 121 Å². The number of ether oxygens (including phenoxy) is 2. The van der Waals surface area contributed by atoms with Crippen LogP contribution in [0.1, 0.15) is 33.9 Å². The number of nitrogens with zero attached hydrogens (tertiary/aromatic N) is 1. The number of nitriles is 1. The van der Waals surface area contributed by atoms with Gasteiger partial charge in [0.15, 0.2) is 17.0 Å². The number of hydrogen-bond donors (Lipinski definition) is 3. The van der Waals surface area contributed by atoms with Crippen molar-refractivity contribution in [3.63, 3.8) is 0 Å². The number of anilines is 1. The van der Waals surface area contributed by atoms with Crippen molar-refractivity contribution in [2.45, 2.75) is 18.2 Å². The molecule has 0 aliphatic heterocycles. The monoisotopic (exact) mass is 597 g/mol. The summed E-state index contributed by atoms with van der Waals surface area (Å²) in [6, 6.07) is 39.7. The molecular weight excluding hydrogens is 566 g/mol. The van der Waals surface area contributed by atoms with E-state index in [1.54, 1.807) is 103 Å². The SMILES string of the molecule is COc1cc(C(Nc2ccc(C#N)cc2)C(=O)NC(C(=O)O)(c2ccccc2)c2ccccc2)ccc1OCc1ccccc1. The molecule has 0 radical (unpaired) electrons. The van der Waals surface area contributed by atoms with Gasteiger partial charge >= 0.3 is 5.97 Å². The van der Waals surface area contributed by atoms with E-state index in [4.69, 9.17) is 9.47 Å². The van der Waals surface area contributed by atoms with Crippen molar-refractivity contribution in [1.29, 1.82) is 5.26 Å². The zero-order valence-electron chi connectivity index (χ0n) is 24.5. The average molecular weight is 598 g/mol. The van der Waals surface area contributed by atoms with Crippen LogP contribution < -0.4 is 20.1 Å². The average Bonchev–Trinajstić information content (AvgIpc) is 3.09. The molecule has 224 valence electrons. The van der Waals surface area contributed by atoms with Gasteiger partial charge in [-0.1, -0.05) is 97.1 Å². The van der Waals surface area contributed by atoms with Gasteiger partial charge in [-0.25, -0.2) is 4.79 Å². The van der Waals surface area contributed by atoms with Gasteiger partial charge in [-0.05, 0) is 58.7 Å². The highest BCUT2D eigenvalue weighted by molar-refractivity contribution is 5.95. The molecule has 5 aromatic carbocycles. The second-order valence-corrected chi connectivity index (χ2v) is 10.2. The highest BCUT2D eigenvalue weighted by Gasteiger charge is 2.45. The molecule has 8 nitrogen and oxygen atoms in total. The number of carbonyl (C=O) groups excluding carboxylic acids is 1. The summed E-state index contributed by atoms with van der Waals surface area (Å²) in [4.78, 5) is 27.5. The number of carboxylic acids is 1. The van der Waals surface area contributed by atoms with Gasteiger partial charge in [-0.2, -0.15) is 5.26 Å². The predicted octanol–water partition coefficient (Wildman–Crippen LogP) is 6.44. The summed E-state index contributed by atoms with van der Waals surface area (Å²) < 4.78 is 11.7. The Labute approximate surface area is 261 Å². The minimum absolute atomic E-state index is 0.319. The van der Waals surface area contributed by atoms with E-state index < -0.39 is 23.5 Å². The van der Waals surface area contributed by atoms with Gasteiger partial charge in [0, 0.05) is 5.69 Å². The van der Waals surface area contributed by atoms with Gasteiger partial charge in [0.25, 0.3) is 0 Å². The van der Waals surface area contributed by atoms with Crippen LogP contribution in [0.25, 0.3) is 0 Å². The number of amides is 1. The van der Waals surface area contributed by atoms with Crippen LogP contribution in [-0.2, 0) is 21.7 Å². The largest absolute Gasteiger partial charge is 0.493 e. The van der Waals surface area contributed by atoms with Gasteiger partial charge in [0.2, 0.25) is 5.91 Å². The molecule has 0 heterocycles. The standard InChI is InChI=1S/C37H31N3O5/c1-44-33-23-28(19-22-32(33)45-25-27-11-5-2-6-12-27)34(39-31-20-17-26(24-38)18-21-31)35(41)40-37(36(42)43,29-13-7-3-8-14-29)30-15-9-4-10-16-30/h2-23,34,39H,25H2,1H3,(H,40,41)(H,42,43). The van der Waals surface area contributed by atoms with Crippen molar-refractivity contribution in [3.8, 4) is 17.6 Å². The first kappa shape index (κ1) is 30.4. The number of carbonyl (C=O) groups is 2. The van der Waals surface area contributed by atoms with Gasteiger partial charge in [0.05, 0.1) is 18.7 Å². The highest BCUT2D eigenvalue weighted by atomic mass is 16.5. The van der Waals surface area contributed by atoms with Gasteiger partial charge in [-0.15, -0.1) is 0 Å². The van der Waals surface area contributed by atoms with Crippen LogP contribution in [0, 0.1) is 11.3 Å². The molecule has 5 rings (SSSR count). The minimum Gasteiger partial charge on any atom is -0.493 e. The lowest BCUT2D eigenvalue weighted by Crippen LogP contribution is -2.54. The van der Waals surface area contributed by atoms with Crippen LogP contribution in [0.15, 0.2) is 133 Å². The number of aliphatic carboxylic acids is 1. The maximum Gasteiger partial charge on any atom is 0.338 e. The number of carboxylic acid groups (broad SMARTS) is 1. The first-order valence-corrected chi connectivity index (χ1v) is 14.2. The van der Waals surface area contributed by atoms with Crippen molar-refractivity contribution in [1.82, 2.24) is 5.32 Å². The fraction of sp³-hybridized carbons (Fsp3) is 0.108. The summed E-state index contributed by atoms with van der Waals surface area (Å²) in [5.41, 5.74) is 1.37. The fourth-order valence-corrected chi connectivity index (χ4v) is 5.07. The van der Waals surface area contributed by atoms with Crippen LogP contribution in [0.2, 0.25) is 0 Å². The molecule has 8 heteroatoms. The van der Waals surface area contributed by atoms with Crippen LogP contribution in [0.3, 0.4) is 0 Å². The summed E-state index contributed by atoms with van der Waals surface area (Å²) in [5.74, 6) is -0.961. The van der Waals surface area contributed by atoms with E-state index in [0.717, 1.165) is 5.56 Å². The molecule has 3 N–H and O–H groups in total. The summed E-state index contributed by atoms with van der Waals surface area (Å²) in [5, 5.41) is 26.1. The van der Waals surface area contributed by atoms with Gasteiger partial charge in [0.1, 0.15) is 12.6 Å². The molecule has 0 aliphatic carbocycles. The minimum atomic E-state index is -1.90. The number of methoxy groups -OCH3 is 1. The van der Waals surface area contributed by atoms with Crippen LogP contribution >= 0.6 is 0 Å². The molecule has 1 amide bonds. The second kappa shape index (κ2) is 13.9. The maximum atomic E-state index is 14.4. The molecule has 0 fully saturated rings. The van der Waals surface area contributed by atoms with E-state index in [1.807, 2.05) is 30.3 Å². The molecule has 45 heavy (non-hydrogen) atoms. The summed E-state index contributed by atoms with van der Waals surface area (Å²) >= 11 is 0. The van der Waals surface area contributed by atoms with E-state index in [0.29, 0.717) is 46.0 Å². The van der Waals surface area contributed by atoms with Crippen molar-refractivity contribution in [2.24, 2.45) is 0 Å². The lowest BCUT2D eigenvalue weighted by Gasteiger charge is -2.33. The first-order chi connectivity index (χ1) is 21.9. The smallest absolute Gasteiger partial charge is 0.338 e. The quantitative estimate of drug-likeness (QED) is 0.151. The van der Waals surface area contributed by atoms with Crippen LogP contribution in [0.5, 0.6) is 11.5 Å². The molecule has 1 unspecified atom stereocenters. The van der Waals surface area contributed by atoms with Crippen molar-refractivity contribution < 1.29 is 24.2 Å². The highest BCUT2D eigenvalue weighted by Crippen LogP contribution is 2.35. The predicted molar refractivity (Wildman–Crippen MR) is 171 cm³/mol. The van der Waals surface area contributed by atoms with E-state index in [-0.39, 0.29) is 0 Å². The number of nitrogens with one attached hydrogen (secondary N) is 2. The Morgan fingerprint density at radius 2 is 1.38 bits per heavy atom. The molecule has 0 saturated carbocycles. The number of benzene rings is 5. The third-order valence-electron chi connectivity index (χ3n) is 7.39. The van der Waals surface area contributed by atoms with E-state index in [9.17, 15) is 20.0 Å². The zero-order chi connectivity index (χ0) is 31.6. The summed E-state index contributed by atoms with van der Waals surface area (Å²) in [7, 11) is 1.51. The second-order valence-electron chi connectivity index (χ2n) is 10.2. The Morgan fingerprint density at radius 1 is 0.800 bits per heavy atom. The molecular formula is C37H31N3O5. The zero-order valence-corrected chi connectivity index (χ0v) is 24.5. The van der Waals surface area contributed by atoms with E-state index in [1.165, 1.54) is 7.11 Å². The Hall–Kier alpha value is -6.07. The number of rotatable bonds is 12. The van der Waals surface area contributed by atoms with Gasteiger partial charge in [-0.3, -0.25) is 4.79 Å². The van der Waals surface area contributed by atoms with Crippen molar-refractivity contribution in [3.05, 3.63) is 161 Å². The third kappa shape index (κ3) is 6.79. The Morgan fingerprint density at radius 3 is 1.91 bits per heavy atom. The number of hydrogen-bond acceptors (Lipinski definition) is 6. The van der Waals surface area contributed by atoms with Crippen molar-refractivity contribution in [2.75, 3.05) is 12.4 Å². The van der Waals surface area contributed by atoms with Crippen LogP contribution in [0.4, 0.5) is 5.69 Å². The molecule has 0 aliphatic rings.